The van der Waals surface area contributed by atoms with E-state index in [4.69, 9.17) is 15.9 Å². The summed E-state index contributed by atoms with van der Waals surface area (Å²) in [5.41, 5.74) is 5.37. The number of carboxylic acids is 2. The van der Waals surface area contributed by atoms with E-state index in [9.17, 15) is 29.1 Å². The second-order valence-electron chi connectivity index (χ2n) is 5.74. The minimum atomic E-state index is -1.58. The predicted molar refractivity (Wildman–Crippen MR) is 94.9 cm³/mol. The average molecular weight is 408 g/mol. The van der Waals surface area contributed by atoms with Crippen molar-refractivity contribution in [3.05, 3.63) is 0 Å². The van der Waals surface area contributed by atoms with E-state index in [0.717, 1.165) is 0 Å². The molecule has 154 valence electrons. The zero-order valence-electron chi connectivity index (χ0n) is 14.7. The molecule has 5 atom stereocenters. The highest BCUT2D eigenvalue weighted by Crippen LogP contribution is 1.98. The minimum absolute atomic E-state index is 0.192. The smallest absolute Gasteiger partial charge is 0.328 e. The number of carboxylic acid groups (broad SMARTS) is 2. The van der Waals surface area contributed by atoms with E-state index in [0.29, 0.717) is 0 Å². The molecule has 0 aliphatic heterocycles. The molecule has 0 heterocycles. The minimum Gasteiger partial charge on any atom is -0.481 e. The Morgan fingerprint density at radius 3 is 1.93 bits per heavy atom. The number of carbonyl (C=O) groups is 5. The van der Waals surface area contributed by atoms with Crippen LogP contribution in [0.1, 0.15) is 20.3 Å². The molecule has 0 radical (unpaired) electrons. The van der Waals surface area contributed by atoms with Crippen molar-refractivity contribution in [1.82, 2.24) is 16.0 Å². The Morgan fingerprint density at radius 2 is 1.52 bits per heavy atom. The number of thiol groups is 1. The molecule has 8 N–H and O–H groups in total. The molecule has 0 bridgehead atoms. The molecular formula is C14H24N4O8S. The molecule has 13 heteroatoms. The van der Waals surface area contributed by atoms with Crippen molar-refractivity contribution in [2.45, 2.75) is 50.5 Å². The molecule has 5 unspecified atom stereocenters. The normalized spacial score (nSPS) is 16.2. The third-order valence-electron chi connectivity index (χ3n) is 3.35. The lowest BCUT2D eigenvalue weighted by Crippen LogP contribution is -2.58. The van der Waals surface area contributed by atoms with Crippen molar-refractivity contribution in [2.24, 2.45) is 5.73 Å². The van der Waals surface area contributed by atoms with Crippen molar-refractivity contribution in [2.75, 3.05) is 5.75 Å². The maximum absolute atomic E-state index is 12.1. The van der Waals surface area contributed by atoms with Crippen molar-refractivity contribution in [3.8, 4) is 0 Å². The number of aliphatic carboxylic acids is 2. The first kappa shape index (κ1) is 24.6. The lowest BCUT2D eigenvalue weighted by Gasteiger charge is -2.23. The van der Waals surface area contributed by atoms with Crippen LogP contribution in [0, 0.1) is 0 Å². The van der Waals surface area contributed by atoms with E-state index in [2.05, 4.69) is 28.6 Å². The zero-order chi connectivity index (χ0) is 21.3. The first-order chi connectivity index (χ1) is 12.4. The lowest BCUT2D eigenvalue weighted by atomic mass is 10.1. The van der Waals surface area contributed by atoms with E-state index in [1.165, 1.54) is 13.8 Å². The molecule has 12 nitrogen and oxygen atoms in total. The van der Waals surface area contributed by atoms with E-state index in [-0.39, 0.29) is 5.75 Å². The summed E-state index contributed by atoms with van der Waals surface area (Å²) in [7, 11) is 0. The van der Waals surface area contributed by atoms with Crippen LogP contribution in [0.4, 0.5) is 0 Å². The van der Waals surface area contributed by atoms with Crippen LogP contribution >= 0.6 is 12.6 Å². The molecule has 0 aromatic rings. The largest absolute Gasteiger partial charge is 0.481 e. The quantitative estimate of drug-likeness (QED) is 0.160. The number of hydrogen-bond acceptors (Lipinski definition) is 8. The molecule has 0 fully saturated rings. The van der Waals surface area contributed by atoms with Crippen LogP contribution in [0.15, 0.2) is 0 Å². The molecule has 27 heavy (non-hydrogen) atoms. The van der Waals surface area contributed by atoms with Crippen LogP contribution in [-0.2, 0) is 24.0 Å². The van der Waals surface area contributed by atoms with Gasteiger partial charge < -0.3 is 37.0 Å². The summed E-state index contributed by atoms with van der Waals surface area (Å²) in [5.74, 6) is -5.50. The van der Waals surface area contributed by atoms with Crippen LogP contribution in [0.2, 0.25) is 0 Å². The number of carbonyl (C=O) groups excluding carboxylic acids is 3. The third-order valence-corrected chi connectivity index (χ3v) is 3.71. The molecule has 0 rings (SSSR count). The van der Waals surface area contributed by atoms with Gasteiger partial charge >= 0.3 is 11.9 Å². The van der Waals surface area contributed by atoms with Crippen LogP contribution in [0.25, 0.3) is 0 Å². The maximum atomic E-state index is 12.1. The van der Waals surface area contributed by atoms with Gasteiger partial charge in [-0.2, -0.15) is 12.6 Å². The Labute approximate surface area is 160 Å². The Morgan fingerprint density at radius 1 is 0.963 bits per heavy atom. The summed E-state index contributed by atoms with van der Waals surface area (Å²) in [6.45, 7) is 2.45. The number of aliphatic hydroxyl groups is 1. The van der Waals surface area contributed by atoms with Gasteiger partial charge in [0, 0.05) is 5.75 Å². The fourth-order valence-corrected chi connectivity index (χ4v) is 2.06. The van der Waals surface area contributed by atoms with Crippen molar-refractivity contribution >= 4 is 42.3 Å². The fraction of sp³-hybridized carbons (Fsp3) is 0.643. The van der Waals surface area contributed by atoms with Gasteiger partial charge in [-0.05, 0) is 13.8 Å². The number of nitrogens with one attached hydrogen (secondary N) is 3. The topological polar surface area (TPSA) is 208 Å². The number of aliphatic hydroxyl groups excluding tert-OH is 1. The molecule has 3 amide bonds. The van der Waals surface area contributed by atoms with Gasteiger partial charge in [0.25, 0.3) is 0 Å². The summed E-state index contributed by atoms with van der Waals surface area (Å²) in [5, 5.41) is 33.4. The summed E-state index contributed by atoms with van der Waals surface area (Å²) < 4.78 is 0. The third kappa shape index (κ3) is 8.70. The Hall–Kier alpha value is -2.38. The monoisotopic (exact) mass is 408 g/mol. The first-order valence-electron chi connectivity index (χ1n) is 7.80. The van der Waals surface area contributed by atoms with E-state index in [1.807, 2.05) is 0 Å². The van der Waals surface area contributed by atoms with E-state index in [1.54, 1.807) is 0 Å². The van der Waals surface area contributed by atoms with Gasteiger partial charge in [-0.3, -0.25) is 19.2 Å². The maximum Gasteiger partial charge on any atom is 0.328 e. The summed E-state index contributed by atoms with van der Waals surface area (Å²) in [6.07, 6.45) is -2.01. The standard InChI is InChI=1S/C14H24N4O8S/c1-5(16-12(23)7(15)3-9(20)21)11(22)17-8(4-27)13(24)18-10(6(2)19)14(25)26/h5-8,10,19,27H,3-4,15H2,1-2H3,(H,16,23)(H,17,22)(H,18,24)(H,20,21)(H,25,26). The van der Waals surface area contributed by atoms with Gasteiger partial charge in [0.1, 0.15) is 12.1 Å². The second kappa shape index (κ2) is 11.4. The average Bonchev–Trinajstić information content (AvgIpc) is 2.55. The number of nitrogens with two attached hydrogens (primary N) is 1. The van der Waals surface area contributed by atoms with E-state index >= 15 is 0 Å². The van der Waals surface area contributed by atoms with Gasteiger partial charge in [0.05, 0.1) is 18.6 Å². The number of rotatable bonds is 11. The summed E-state index contributed by atoms with van der Waals surface area (Å²) in [4.78, 5) is 57.4. The second-order valence-corrected chi connectivity index (χ2v) is 6.11. The molecular weight excluding hydrogens is 384 g/mol. The highest BCUT2D eigenvalue weighted by molar-refractivity contribution is 7.80. The Bertz CT molecular complexity index is 585. The predicted octanol–water partition coefficient (Wildman–Crippen LogP) is -3.34. The molecule has 0 aromatic carbocycles. The highest BCUT2D eigenvalue weighted by Gasteiger charge is 2.30. The van der Waals surface area contributed by atoms with Crippen molar-refractivity contribution in [3.63, 3.8) is 0 Å². The highest BCUT2D eigenvalue weighted by atomic mass is 32.1. The van der Waals surface area contributed by atoms with Gasteiger partial charge in [-0.15, -0.1) is 0 Å². The van der Waals surface area contributed by atoms with E-state index < -0.39 is 66.4 Å². The van der Waals surface area contributed by atoms with Crippen molar-refractivity contribution < 1.29 is 39.3 Å². The zero-order valence-corrected chi connectivity index (χ0v) is 15.6. The van der Waals surface area contributed by atoms with Gasteiger partial charge in [-0.25, -0.2) is 4.79 Å². The molecule has 0 aliphatic carbocycles. The van der Waals surface area contributed by atoms with Crippen LogP contribution < -0.4 is 21.7 Å². The summed E-state index contributed by atoms with van der Waals surface area (Å²) >= 11 is 3.91. The molecule has 0 aliphatic rings. The van der Waals surface area contributed by atoms with Gasteiger partial charge in [-0.1, -0.05) is 0 Å². The number of hydrogen-bond donors (Lipinski definition) is 8. The van der Waals surface area contributed by atoms with Crippen LogP contribution in [0.5, 0.6) is 0 Å². The summed E-state index contributed by atoms with van der Waals surface area (Å²) in [6, 6.07) is -5.33. The van der Waals surface area contributed by atoms with Gasteiger partial charge in [0.2, 0.25) is 17.7 Å². The fourth-order valence-electron chi connectivity index (χ4n) is 1.80. The molecule has 0 aromatic heterocycles. The Balaban J connectivity index is 4.82. The first-order valence-corrected chi connectivity index (χ1v) is 8.44. The van der Waals surface area contributed by atoms with Gasteiger partial charge in [0.15, 0.2) is 6.04 Å². The SMILES string of the molecule is CC(NC(=O)C(N)CC(=O)O)C(=O)NC(CS)C(=O)NC(C(=O)O)C(C)O. The van der Waals surface area contributed by atoms with Crippen LogP contribution in [-0.4, -0.2) is 81.0 Å². The lowest BCUT2D eigenvalue weighted by molar-refractivity contribution is -0.145. The van der Waals surface area contributed by atoms with Crippen LogP contribution in [0.3, 0.4) is 0 Å². The Kier molecular flexibility index (Phi) is 10.4. The molecule has 0 saturated heterocycles. The van der Waals surface area contributed by atoms with Crippen molar-refractivity contribution in [1.29, 1.82) is 0 Å². The molecule has 0 spiro atoms. The number of amides is 3. The molecule has 0 saturated carbocycles.